The zero-order chi connectivity index (χ0) is 17.5. The fourth-order valence-electron chi connectivity index (χ4n) is 2.91. The zero-order valence-electron chi connectivity index (χ0n) is 14.1. The predicted octanol–water partition coefficient (Wildman–Crippen LogP) is 3.28. The molecule has 0 aliphatic carbocycles. The molecule has 2 N–H and O–H groups in total. The van der Waals surface area contributed by atoms with Crippen molar-refractivity contribution < 1.29 is 4.79 Å². The monoisotopic (exact) mass is 358 g/mol. The average molecular weight is 359 g/mol. The number of nitrogens with zero attached hydrogens (tertiary/aromatic N) is 2. The molecule has 6 heteroatoms. The van der Waals surface area contributed by atoms with E-state index in [-0.39, 0.29) is 6.03 Å². The molecule has 5 nitrogen and oxygen atoms in total. The maximum Gasteiger partial charge on any atom is 0.319 e. The van der Waals surface area contributed by atoms with Crippen LogP contribution in [0.25, 0.3) is 0 Å². The van der Waals surface area contributed by atoms with Crippen LogP contribution in [0.1, 0.15) is 0 Å². The molecule has 0 atom stereocenters. The Morgan fingerprint density at radius 3 is 2.32 bits per heavy atom. The number of hydrogen-bond acceptors (Lipinski definition) is 3. The molecule has 1 fully saturated rings. The number of piperazine rings is 1. The average Bonchev–Trinajstić information content (AvgIpc) is 2.64. The molecule has 0 unspecified atom stereocenters. The molecule has 1 aliphatic heterocycles. The summed E-state index contributed by atoms with van der Waals surface area (Å²) in [5.74, 6) is 0. The fourth-order valence-corrected chi connectivity index (χ4v) is 3.03. The van der Waals surface area contributed by atoms with Gasteiger partial charge in [0.15, 0.2) is 0 Å². The van der Waals surface area contributed by atoms with Gasteiger partial charge in [-0.1, -0.05) is 29.8 Å². The molecule has 0 saturated carbocycles. The third kappa shape index (κ3) is 5.37. The zero-order valence-corrected chi connectivity index (χ0v) is 14.9. The van der Waals surface area contributed by atoms with Gasteiger partial charge in [-0.15, -0.1) is 0 Å². The van der Waals surface area contributed by atoms with Crippen molar-refractivity contribution in [2.45, 2.75) is 0 Å². The van der Waals surface area contributed by atoms with Crippen molar-refractivity contribution in [2.75, 3.05) is 49.5 Å². The lowest BCUT2D eigenvalue weighted by Gasteiger charge is -2.36. The Morgan fingerprint density at radius 2 is 1.64 bits per heavy atom. The lowest BCUT2D eigenvalue weighted by molar-refractivity contribution is 0.240. The van der Waals surface area contributed by atoms with E-state index in [9.17, 15) is 4.79 Å². The molecule has 2 aromatic carbocycles. The number of benzene rings is 2. The number of hydrogen-bond donors (Lipinski definition) is 2. The molecule has 1 saturated heterocycles. The Balaban J connectivity index is 1.35. The standard InChI is InChI=1S/C19H23ClN4O/c20-16-6-8-18(9-7-16)24-14-12-23(13-15-24)11-10-21-19(25)22-17-4-2-1-3-5-17/h1-9H,10-15H2,(H2,21,22,25). The summed E-state index contributed by atoms with van der Waals surface area (Å²) in [6.07, 6.45) is 0. The maximum absolute atomic E-state index is 11.9. The summed E-state index contributed by atoms with van der Waals surface area (Å²) in [6.45, 7) is 5.45. The summed E-state index contributed by atoms with van der Waals surface area (Å²) in [7, 11) is 0. The first-order chi connectivity index (χ1) is 12.2. The smallest absolute Gasteiger partial charge is 0.319 e. The summed E-state index contributed by atoms with van der Waals surface area (Å²) < 4.78 is 0. The minimum absolute atomic E-state index is 0.161. The third-order valence-electron chi connectivity index (χ3n) is 4.31. The number of amides is 2. The van der Waals surface area contributed by atoms with Gasteiger partial charge in [0.1, 0.15) is 0 Å². The summed E-state index contributed by atoms with van der Waals surface area (Å²) >= 11 is 5.94. The molecule has 0 aromatic heterocycles. The largest absolute Gasteiger partial charge is 0.369 e. The Kier molecular flexibility index (Phi) is 6.14. The van der Waals surface area contributed by atoms with Gasteiger partial charge in [0.2, 0.25) is 0 Å². The highest BCUT2D eigenvalue weighted by atomic mass is 35.5. The molecule has 2 aromatic rings. The van der Waals surface area contributed by atoms with Gasteiger partial charge >= 0.3 is 6.03 Å². The van der Waals surface area contributed by atoms with Gasteiger partial charge in [-0.2, -0.15) is 0 Å². The normalized spacial score (nSPS) is 15.0. The van der Waals surface area contributed by atoms with E-state index in [1.54, 1.807) is 0 Å². The van der Waals surface area contributed by atoms with Crippen LogP contribution in [0, 0.1) is 0 Å². The molecule has 132 valence electrons. The van der Waals surface area contributed by atoms with Gasteiger partial charge in [0.05, 0.1) is 0 Å². The van der Waals surface area contributed by atoms with Gasteiger partial charge in [-0.25, -0.2) is 4.79 Å². The van der Waals surface area contributed by atoms with Crippen molar-refractivity contribution in [3.63, 3.8) is 0 Å². The van der Waals surface area contributed by atoms with E-state index in [1.165, 1.54) is 5.69 Å². The molecule has 25 heavy (non-hydrogen) atoms. The van der Waals surface area contributed by atoms with Crippen LogP contribution in [-0.4, -0.2) is 50.2 Å². The predicted molar refractivity (Wildman–Crippen MR) is 104 cm³/mol. The van der Waals surface area contributed by atoms with Crippen molar-refractivity contribution in [3.05, 3.63) is 59.6 Å². The van der Waals surface area contributed by atoms with Gasteiger partial charge in [-0.3, -0.25) is 4.90 Å². The first kappa shape index (κ1) is 17.6. The Morgan fingerprint density at radius 1 is 0.960 bits per heavy atom. The first-order valence-electron chi connectivity index (χ1n) is 8.53. The fraction of sp³-hybridized carbons (Fsp3) is 0.316. The molecule has 2 amide bonds. The Labute approximate surface area is 153 Å². The van der Waals surface area contributed by atoms with Crippen LogP contribution in [0.2, 0.25) is 5.02 Å². The summed E-state index contributed by atoms with van der Waals surface area (Å²) in [5.41, 5.74) is 2.01. The lowest BCUT2D eigenvalue weighted by atomic mass is 10.2. The topological polar surface area (TPSA) is 47.6 Å². The van der Waals surface area contributed by atoms with Crippen molar-refractivity contribution in [1.29, 1.82) is 0 Å². The van der Waals surface area contributed by atoms with Gasteiger partial charge in [0.25, 0.3) is 0 Å². The number of rotatable bonds is 5. The van der Waals surface area contributed by atoms with Gasteiger partial charge in [0, 0.05) is 55.7 Å². The molecule has 0 spiro atoms. The van der Waals surface area contributed by atoms with Crippen LogP contribution in [0.15, 0.2) is 54.6 Å². The number of urea groups is 1. The third-order valence-corrected chi connectivity index (χ3v) is 4.56. The molecule has 0 bridgehead atoms. The van der Waals surface area contributed by atoms with Gasteiger partial charge in [-0.05, 0) is 36.4 Å². The summed E-state index contributed by atoms with van der Waals surface area (Å²) in [4.78, 5) is 16.6. The van der Waals surface area contributed by atoms with E-state index in [0.29, 0.717) is 6.54 Å². The second-order valence-electron chi connectivity index (χ2n) is 6.05. The second-order valence-corrected chi connectivity index (χ2v) is 6.49. The van der Waals surface area contributed by atoms with Crippen molar-refractivity contribution in [1.82, 2.24) is 10.2 Å². The van der Waals surface area contributed by atoms with Crippen LogP contribution < -0.4 is 15.5 Å². The van der Waals surface area contributed by atoms with E-state index in [4.69, 9.17) is 11.6 Å². The molecule has 1 aliphatic rings. The number of carbonyl (C=O) groups is 1. The van der Waals surface area contributed by atoms with E-state index in [1.807, 2.05) is 42.5 Å². The lowest BCUT2D eigenvalue weighted by Crippen LogP contribution is -2.48. The maximum atomic E-state index is 11.9. The highest BCUT2D eigenvalue weighted by molar-refractivity contribution is 6.30. The first-order valence-corrected chi connectivity index (χ1v) is 8.91. The van der Waals surface area contributed by atoms with Crippen molar-refractivity contribution >= 4 is 29.0 Å². The number of nitrogens with one attached hydrogen (secondary N) is 2. The summed E-state index contributed by atoms with van der Waals surface area (Å²) in [6, 6.07) is 17.3. The minimum atomic E-state index is -0.161. The van der Waals surface area contributed by atoms with E-state index in [2.05, 4.69) is 32.6 Å². The molecule has 0 radical (unpaired) electrons. The highest BCUT2D eigenvalue weighted by Gasteiger charge is 2.16. The SMILES string of the molecule is O=C(NCCN1CCN(c2ccc(Cl)cc2)CC1)Nc1ccccc1. The van der Waals surface area contributed by atoms with E-state index < -0.39 is 0 Å². The highest BCUT2D eigenvalue weighted by Crippen LogP contribution is 2.19. The second kappa shape index (κ2) is 8.74. The van der Waals surface area contributed by atoms with Crippen molar-refractivity contribution in [2.24, 2.45) is 0 Å². The van der Waals surface area contributed by atoms with Crippen LogP contribution >= 0.6 is 11.6 Å². The molecular formula is C19H23ClN4O. The Bertz CT molecular complexity index is 670. The van der Waals surface area contributed by atoms with Crippen LogP contribution in [0.3, 0.4) is 0 Å². The van der Waals surface area contributed by atoms with Crippen LogP contribution in [-0.2, 0) is 0 Å². The van der Waals surface area contributed by atoms with Crippen molar-refractivity contribution in [3.8, 4) is 0 Å². The van der Waals surface area contributed by atoms with E-state index >= 15 is 0 Å². The number of halogens is 1. The molecule has 3 rings (SSSR count). The van der Waals surface area contributed by atoms with E-state index in [0.717, 1.165) is 43.4 Å². The number of para-hydroxylation sites is 1. The van der Waals surface area contributed by atoms with Crippen LogP contribution in [0.5, 0.6) is 0 Å². The minimum Gasteiger partial charge on any atom is -0.369 e. The summed E-state index contributed by atoms with van der Waals surface area (Å²) in [5, 5.41) is 6.50. The Hall–Kier alpha value is -2.24. The van der Waals surface area contributed by atoms with Crippen LogP contribution in [0.4, 0.5) is 16.2 Å². The molecular weight excluding hydrogens is 336 g/mol. The number of carbonyl (C=O) groups excluding carboxylic acids is 1. The quantitative estimate of drug-likeness (QED) is 0.862. The van der Waals surface area contributed by atoms with Gasteiger partial charge < -0.3 is 15.5 Å². The number of anilines is 2. The molecule has 1 heterocycles.